The summed E-state index contributed by atoms with van der Waals surface area (Å²) >= 11 is 0. The second-order valence-corrected chi connectivity index (χ2v) is 7.80. The Hall–Kier alpha value is -3.68. The minimum atomic E-state index is -0.614. The van der Waals surface area contributed by atoms with Crippen LogP contribution in [0, 0.1) is 0 Å². The van der Waals surface area contributed by atoms with E-state index in [1.165, 1.54) is 5.56 Å². The molecule has 0 saturated carbocycles. The number of benzene rings is 3. The number of hydrogen-bond acceptors (Lipinski definition) is 5. The average Bonchev–Trinajstić information content (AvgIpc) is 2.85. The van der Waals surface area contributed by atoms with Crippen LogP contribution in [0.4, 0.5) is 11.4 Å². The Morgan fingerprint density at radius 1 is 1.00 bits per heavy atom. The van der Waals surface area contributed by atoms with Crippen LogP contribution in [0.25, 0.3) is 0 Å². The van der Waals surface area contributed by atoms with E-state index >= 15 is 0 Å². The Labute approximate surface area is 193 Å². The van der Waals surface area contributed by atoms with Gasteiger partial charge in [0.1, 0.15) is 11.9 Å². The van der Waals surface area contributed by atoms with Crippen LogP contribution in [-0.2, 0) is 16.1 Å². The summed E-state index contributed by atoms with van der Waals surface area (Å²) in [5, 5.41) is 5.73. The molecule has 7 nitrogen and oxygen atoms in total. The molecule has 7 heteroatoms. The van der Waals surface area contributed by atoms with Crippen molar-refractivity contribution in [2.45, 2.75) is 12.6 Å². The number of amides is 2. The first kappa shape index (κ1) is 22.5. The van der Waals surface area contributed by atoms with Gasteiger partial charge in [0.05, 0.1) is 25.0 Å². The van der Waals surface area contributed by atoms with Crippen molar-refractivity contribution in [3.63, 3.8) is 0 Å². The molecule has 1 aliphatic heterocycles. The highest BCUT2D eigenvalue weighted by Crippen LogP contribution is 2.21. The Kier molecular flexibility index (Phi) is 7.34. The first-order chi connectivity index (χ1) is 16.1. The highest BCUT2D eigenvalue weighted by atomic mass is 16.5. The number of methoxy groups -OCH3 is 1. The van der Waals surface area contributed by atoms with Crippen LogP contribution in [0.15, 0.2) is 78.9 Å². The topological polar surface area (TPSA) is 79.9 Å². The van der Waals surface area contributed by atoms with Gasteiger partial charge in [0.25, 0.3) is 11.8 Å². The molecule has 33 heavy (non-hydrogen) atoms. The van der Waals surface area contributed by atoms with Gasteiger partial charge in [0.15, 0.2) is 0 Å². The molecule has 0 aliphatic carbocycles. The van der Waals surface area contributed by atoms with Gasteiger partial charge in [-0.1, -0.05) is 48.5 Å². The fourth-order valence-corrected chi connectivity index (χ4v) is 3.75. The fourth-order valence-electron chi connectivity index (χ4n) is 3.75. The zero-order valence-electron chi connectivity index (χ0n) is 18.5. The quantitative estimate of drug-likeness (QED) is 0.579. The van der Waals surface area contributed by atoms with Gasteiger partial charge in [0, 0.05) is 31.4 Å². The molecular weight excluding hydrogens is 418 g/mol. The minimum absolute atomic E-state index is 0.269. The number of ether oxygens (including phenoxy) is 2. The number of carbonyl (C=O) groups excluding carboxylic acids is 2. The Bertz CT molecular complexity index is 1100. The number of anilines is 2. The van der Waals surface area contributed by atoms with Crippen molar-refractivity contribution in [3.8, 4) is 5.75 Å². The predicted octanol–water partition coefficient (Wildman–Crippen LogP) is 3.79. The van der Waals surface area contributed by atoms with Gasteiger partial charge in [-0.2, -0.15) is 0 Å². The standard InChI is InChI=1S/C26H27N3O4/c1-32-21-11-7-10-20(16-21)27-25(30)22-12-5-6-13-23(22)28-26(31)24-18-29(14-15-33-24)17-19-8-3-2-4-9-19/h2-13,16,24H,14-15,17-18H2,1H3,(H,27,30)(H,28,31)/t24-/m1/s1. The molecule has 1 fully saturated rings. The van der Waals surface area contributed by atoms with Gasteiger partial charge in [0.2, 0.25) is 0 Å². The third-order valence-corrected chi connectivity index (χ3v) is 5.45. The molecule has 4 rings (SSSR count). The number of rotatable bonds is 7. The maximum atomic E-state index is 13.0. The molecule has 0 bridgehead atoms. The van der Waals surface area contributed by atoms with E-state index in [1.807, 2.05) is 18.2 Å². The molecule has 2 N–H and O–H groups in total. The largest absolute Gasteiger partial charge is 0.497 e. The molecule has 1 heterocycles. The van der Waals surface area contributed by atoms with Crippen LogP contribution >= 0.6 is 0 Å². The number of nitrogens with zero attached hydrogens (tertiary/aromatic N) is 1. The van der Waals surface area contributed by atoms with E-state index in [1.54, 1.807) is 55.6 Å². The lowest BCUT2D eigenvalue weighted by Crippen LogP contribution is -2.47. The molecule has 3 aromatic rings. The summed E-state index contributed by atoms with van der Waals surface area (Å²) in [6.45, 7) is 2.48. The molecule has 170 valence electrons. The number of hydrogen-bond donors (Lipinski definition) is 2. The van der Waals surface area contributed by atoms with Gasteiger partial charge in [-0.3, -0.25) is 14.5 Å². The van der Waals surface area contributed by atoms with Gasteiger partial charge < -0.3 is 20.1 Å². The van der Waals surface area contributed by atoms with Crippen molar-refractivity contribution in [1.29, 1.82) is 0 Å². The molecule has 0 radical (unpaired) electrons. The Morgan fingerprint density at radius 3 is 2.61 bits per heavy atom. The van der Waals surface area contributed by atoms with Crippen LogP contribution < -0.4 is 15.4 Å². The van der Waals surface area contributed by atoms with Crippen molar-refractivity contribution >= 4 is 23.2 Å². The van der Waals surface area contributed by atoms with Gasteiger partial charge in [-0.15, -0.1) is 0 Å². The molecule has 0 spiro atoms. The Balaban J connectivity index is 1.41. The van der Waals surface area contributed by atoms with E-state index in [-0.39, 0.29) is 11.8 Å². The number of carbonyl (C=O) groups is 2. The zero-order chi connectivity index (χ0) is 23.0. The highest BCUT2D eigenvalue weighted by molar-refractivity contribution is 6.10. The third-order valence-electron chi connectivity index (χ3n) is 5.45. The molecule has 1 aliphatic rings. The van der Waals surface area contributed by atoms with Gasteiger partial charge in [-0.05, 0) is 29.8 Å². The van der Waals surface area contributed by atoms with E-state index in [9.17, 15) is 9.59 Å². The molecule has 0 unspecified atom stereocenters. The smallest absolute Gasteiger partial charge is 0.257 e. The van der Waals surface area contributed by atoms with Crippen molar-refractivity contribution in [1.82, 2.24) is 4.90 Å². The summed E-state index contributed by atoms with van der Waals surface area (Å²) in [5.74, 6) is 0.0488. The summed E-state index contributed by atoms with van der Waals surface area (Å²) < 4.78 is 10.9. The summed E-state index contributed by atoms with van der Waals surface area (Å²) in [5.41, 5.74) is 2.60. The lowest BCUT2D eigenvalue weighted by atomic mass is 10.1. The lowest BCUT2D eigenvalue weighted by molar-refractivity contribution is -0.133. The van der Waals surface area contributed by atoms with Crippen LogP contribution in [0.5, 0.6) is 5.75 Å². The van der Waals surface area contributed by atoms with Crippen LogP contribution in [0.1, 0.15) is 15.9 Å². The maximum Gasteiger partial charge on any atom is 0.257 e. The summed E-state index contributed by atoms with van der Waals surface area (Å²) in [7, 11) is 1.57. The van der Waals surface area contributed by atoms with E-state index in [4.69, 9.17) is 9.47 Å². The predicted molar refractivity (Wildman–Crippen MR) is 127 cm³/mol. The molecule has 1 saturated heterocycles. The van der Waals surface area contributed by atoms with Crippen molar-refractivity contribution in [2.75, 3.05) is 37.4 Å². The fraction of sp³-hybridized carbons (Fsp3) is 0.231. The average molecular weight is 446 g/mol. The van der Waals surface area contributed by atoms with E-state index in [0.29, 0.717) is 35.8 Å². The number of nitrogens with one attached hydrogen (secondary N) is 2. The molecular formula is C26H27N3O4. The molecule has 2 amide bonds. The summed E-state index contributed by atoms with van der Waals surface area (Å²) in [4.78, 5) is 28.1. The van der Waals surface area contributed by atoms with Crippen molar-refractivity contribution in [3.05, 3.63) is 90.0 Å². The van der Waals surface area contributed by atoms with Crippen molar-refractivity contribution in [2.24, 2.45) is 0 Å². The summed E-state index contributed by atoms with van der Waals surface area (Å²) in [6.07, 6.45) is -0.614. The molecule has 1 atom stereocenters. The van der Waals surface area contributed by atoms with Crippen LogP contribution in [0.3, 0.4) is 0 Å². The van der Waals surface area contributed by atoms with Crippen LogP contribution in [-0.4, -0.2) is 49.6 Å². The van der Waals surface area contributed by atoms with E-state index in [2.05, 4.69) is 27.7 Å². The molecule has 3 aromatic carbocycles. The monoisotopic (exact) mass is 445 g/mol. The number of para-hydroxylation sites is 1. The molecule has 0 aromatic heterocycles. The lowest BCUT2D eigenvalue weighted by Gasteiger charge is -2.32. The first-order valence-corrected chi connectivity index (χ1v) is 10.9. The Morgan fingerprint density at radius 2 is 1.79 bits per heavy atom. The van der Waals surface area contributed by atoms with E-state index < -0.39 is 6.10 Å². The normalized spacial score (nSPS) is 16.1. The minimum Gasteiger partial charge on any atom is -0.497 e. The van der Waals surface area contributed by atoms with Crippen molar-refractivity contribution < 1.29 is 19.1 Å². The third kappa shape index (κ3) is 5.97. The second-order valence-electron chi connectivity index (χ2n) is 7.80. The zero-order valence-corrected chi connectivity index (χ0v) is 18.5. The van der Waals surface area contributed by atoms with Crippen LogP contribution in [0.2, 0.25) is 0 Å². The van der Waals surface area contributed by atoms with Gasteiger partial charge in [-0.25, -0.2) is 0 Å². The second kappa shape index (κ2) is 10.8. The maximum absolute atomic E-state index is 13.0. The number of morpholine rings is 1. The highest BCUT2D eigenvalue weighted by Gasteiger charge is 2.27. The SMILES string of the molecule is COc1cccc(NC(=O)c2ccccc2NC(=O)[C@H]2CN(Cc3ccccc3)CCO2)c1. The van der Waals surface area contributed by atoms with Gasteiger partial charge >= 0.3 is 0 Å². The van der Waals surface area contributed by atoms with E-state index in [0.717, 1.165) is 13.1 Å². The summed E-state index contributed by atoms with van der Waals surface area (Å²) in [6, 6.07) is 24.2. The first-order valence-electron chi connectivity index (χ1n) is 10.9.